The first-order valence-corrected chi connectivity index (χ1v) is 7.18. The van der Waals surface area contributed by atoms with Crippen LogP contribution in [0.25, 0.3) is 0 Å². The molecule has 1 atom stereocenters. The Hall–Kier alpha value is -2.30. The minimum atomic E-state index is -0.193. The molecule has 2 aromatic heterocycles. The Morgan fingerprint density at radius 3 is 2.90 bits per heavy atom. The summed E-state index contributed by atoms with van der Waals surface area (Å²) in [5.74, 6) is 1.29. The van der Waals surface area contributed by atoms with Gasteiger partial charge in [-0.1, -0.05) is 6.07 Å². The molecule has 1 fully saturated rings. The van der Waals surface area contributed by atoms with E-state index >= 15 is 0 Å². The van der Waals surface area contributed by atoms with Gasteiger partial charge in [-0.05, 0) is 43.9 Å². The number of aromatic nitrogens is 1. The van der Waals surface area contributed by atoms with Gasteiger partial charge in [0.15, 0.2) is 5.76 Å². The van der Waals surface area contributed by atoms with Gasteiger partial charge >= 0.3 is 0 Å². The van der Waals surface area contributed by atoms with Gasteiger partial charge < -0.3 is 14.3 Å². The third kappa shape index (κ3) is 3.24. The molecule has 5 nitrogen and oxygen atoms in total. The molecule has 2 heterocycles. The maximum Gasteiger partial charge on any atom is 0.287 e. The quantitative estimate of drug-likeness (QED) is 0.914. The molecule has 1 unspecified atom stereocenters. The van der Waals surface area contributed by atoms with Crippen LogP contribution < -0.4 is 10.9 Å². The van der Waals surface area contributed by atoms with Crippen LogP contribution in [0.5, 0.6) is 0 Å². The highest BCUT2D eigenvalue weighted by atomic mass is 16.4. The summed E-state index contributed by atoms with van der Waals surface area (Å²) in [5, 5.41) is 2.95. The molecule has 1 aliphatic rings. The second-order valence-corrected chi connectivity index (χ2v) is 5.53. The fourth-order valence-electron chi connectivity index (χ4n) is 2.34. The lowest BCUT2D eigenvalue weighted by atomic mass is 10.2. The average molecular weight is 286 g/mol. The van der Waals surface area contributed by atoms with Gasteiger partial charge in [0.2, 0.25) is 0 Å². The molecule has 5 heteroatoms. The summed E-state index contributed by atoms with van der Waals surface area (Å²) in [7, 11) is 0. The van der Waals surface area contributed by atoms with E-state index in [9.17, 15) is 9.59 Å². The maximum atomic E-state index is 12.0. The van der Waals surface area contributed by atoms with E-state index in [4.69, 9.17) is 4.42 Å². The van der Waals surface area contributed by atoms with Crippen molar-refractivity contribution in [3.05, 3.63) is 58.4 Å². The van der Waals surface area contributed by atoms with Crippen LogP contribution in [0.4, 0.5) is 0 Å². The molecule has 110 valence electrons. The predicted molar refractivity (Wildman–Crippen MR) is 78.2 cm³/mol. The van der Waals surface area contributed by atoms with E-state index in [2.05, 4.69) is 5.32 Å². The molecule has 1 amide bonds. The van der Waals surface area contributed by atoms with Crippen molar-refractivity contribution in [1.82, 2.24) is 9.88 Å². The van der Waals surface area contributed by atoms with Gasteiger partial charge in [0.25, 0.3) is 11.5 Å². The summed E-state index contributed by atoms with van der Waals surface area (Å²) in [6, 6.07) is 8.54. The largest absolute Gasteiger partial charge is 0.454 e. The molecular formula is C16H18N2O3. The number of pyridine rings is 1. The number of amides is 1. The lowest BCUT2D eigenvalue weighted by Gasteiger charge is -2.11. The minimum absolute atomic E-state index is 0.0951. The highest BCUT2D eigenvalue weighted by Crippen LogP contribution is 2.32. The SMILES string of the molecule is CC(NC(=O)c1ccc(Cn2ccccc2=O)o1)C1CC1. The van der Waals surface area contributed by atoms with E-state index in [1.807, 2.05) is 6.92 Å². The zero-order valence-corrected chi connectivity index (χ0v) is 11.9. The van der Waals surface area contributed by atoms with Gasteiger partial charge in [-0.2, -0.15) is 0 Å². The molecule has 0 aliphatic heterocycles. The van der Waals surface area contributed by atoms with E-state index in [0.29, 0.717) is 24.0 Å². The lowest BCUT2D eigenvalue weighted by Crippen LogP contribution is -2.33. The standard InChI is InChI=1S/C16H18N2O3/c1-11(12-5-6-12)17-16(20)14-8-7-13(21-14)10-18-9-3-2-4-15(18)19/h2-4,7-9,11-12H,5-6,10H2,1H3,(H,17,20). The van der Waals surface area contributed by atoms with Crippen molar-refractivity contribution < 1.29 is 9.21 Å². The Balaban J connectivity index is 1.67. The van der Waals surface area contributed by atoms with Crippen molar-refractivity contribution in [1.29, 1.82) is 0 Å². The zero-order chi connectivity index (χ0) is 14.8. The van der Waals surface area contributed by atoms with Crippen molar-refractivity contribution in [3.63, 3.8) is 0 Å². The van der Waals surface area contributed by atoms with Crippen LogP contribution in [0.2, 0.25) is 0 Å². The third-order valence-electron chi connectivity index (χ3n) is 3.80. The Labute approximate surface area is 122 Å². The van der Waals surface area contributed by atoms with E-state index in [1.165, 1.54) is 23.5 Å². The molecule has 0 spiro atoms. The normalized spacial score (nSPS) is 15.7. The highest BCUT2D eigenvalue weighted by molar-refractivity contribution is 5.91. The molecule has 0 saturated heterocycles. The smallest absolute Gasteiger partial charge is 0.287 e. The fraction of sp³-hybridized carbons (Fsp3) is 0.375. The van der Waals surface area contributed by atoms with Gasteiger partial charge in [-0.15, -0.1) is 0 Å². The van der Waals surface area contributed by atoms with Gasteiger partial charge in [0.1, 0.15) is 5.76 Å². The Morgan fingerprint density at radius 2 is 2.19 bits per heavy atom. The molecule has 3 rings (SSSR count). The summed E-state index contributed by atoms with van der Waals surface area (Å²) >= 11 is 0. The van der Waals surface area contributed by atoms with Crippen molar-refractivity contribution in [2.24, 2.45) is 5.92 Å². The minimum Gasteiger partial charge on any atom is -0.454 e. The van der Waals surface area contributed by atoms with Gasteiger partial charge in [0, 0.05) is 18.3 Å². The number of furan rings is 1. The summed E-state index contributed by atoms with van der Waals surface area (Å²) in [5.41, 5.74) is -0.0951. The van der Waals surface area contributed by atoms with Crippen LogP contribution in [-0.4, -0.2) is 16.5 Å². The molecule has 1 N–H and O–H groups in total. The molecule has 0 aromatic carbocycles. The summed E-state index contributed by atoms with van der Waals surface area (Å²) in [6.45, 7) is 2.34. The first kappa shape index (κ1) is 13.7. The summed E-state index contributed by atoms with van der Waals surface area (Å²) < 4.78 is 7.07. The number of carbonyl (C=O) groups excluding carboxylic acids is 1. The van der Waals surface area contributed by atoms with Crippen LogP contribution in [0.3, 0.4) is 0 Å². The Bertz CT molecular complexity index is 697. The van der Waals surface area contributed by atoms with Gasteiger partial charge in [-0.25, -0.2) is 0 Å². The number of nitrogens with zero attached hydrogens (tertiary/aromatic N) is 1. The van der Waals surface area contributed by atoms with Gasteiger partial charge in [0.05, 0.1) is 6.54 Å². The Kier molecular flexibility index (Phi) is 3.64. The van der Waals surface area contributed by atoms with Crippen LogP contribution in [0, 0.1) is 5.92 Å². The molecule has 0 bridgehead atoms. The van der Waals surface area contributed by atoms with E-state index in [0.717, 1.165) is 0 Å². The second kappa shape index (κ2) is 5.60. The molecule has 21 heavy (non-hydrogen) atoms. The lowest BCUT2D eigenvalue weighted by molar-refractivity contribution is 0.0905. The molecular weight excluding hydrogens is 268 g/mol. The molecule has 2 aromatic rings. The second-order valence-electron chi connectivity index (χ2n) is 5.53. The van der Waals surface area contributed by atoms with Crippen molar-refractivity contribution >= 4 is 5.91 Å². The first-order valence-electron chi connectivity index (χ1n) is 7.18. The summed E-state index contributed by atoms with van der Waals surface area (Å²) in [4.78, 5) is 23.7. The fourth-order valence-corrected chi connectivity index (χ4v) is 2.34. The number of rotatable bonds is 5. The topological polar surface area (TPSA) is 64.2 Å². The average Bonchev–Trinajstić information content (AvgIpc) is 3.21. The monoisotopic (exact) mass is 286 g/mol. The first-order chi connectivity index (χ1) is 10.1. The van der Waals surface area contributed by atoms with Crippen LogP contribution in [0.15, 0.2) is 45.7 Å². The molecule has 0 radical (unpaired) electrons. The Morgan fingerprint density at radius 1 is 1.38 bits per heavy atom. The number of nitrogens with one attached hydrogen (secondary N) is 1. The third-order valence-corrected chi connectivity index (χ3v) is 3.80. The highest BCUT2D eigenvalue weighted by Gasteiger charge is 2.29. The molecule has 1 saturated carbocycles. The predicted octanol–water partition coefficient (Wildman–Crippen LogP) is 2.02. The number of carbonyl (C=O) groups is 1. The van der Waals surface area contributed by atoms with E-state index in [-0.39, 0.29) is 17.5 Å². The molecule has 1 aliphatic carbocycles. The maximum absolute atomic E-state index is 12.0. The van der Waals surface area contributed by atoms with Crippen LogP contribution in [0.1, 0.15) is 36.1 Å². The zero-order valence-electron chi connectivity index (χ0n) is 11.9. The number of hydrogen-bond donors (Lipinski definition) is 1. The van der Waals surface area contributed by atoms with Crippen molar-refractivity contribution in [2.45, 2.75) is 32.4 Å². The van der Waals surface area contributed by atoms with Crippen LogP contribution >= 0.6 is 0 Å². The van der Waals surface area contributed by atoms with Gasteiger partial charge in [-0.3, -0.25) is 9.59 Å². The van der Waals surface area contributed by atoms with E-state index in [1.54, 1.807) is 30.5 Å². The van der Waals surface area contributed by atoms with Crippen molar-refractivity contribution in [2.75, 3.05) is 0 Å². The summed E-state index contributed by atoms with van der Waals surface area (Å²) in [6.07, 6.45) is 4.06. The van der Waals surface area contributed by atoms with E-state index < -0.39 is 0 Å². The van der Waals surface area contributed by atoms with Crippen LogP contribution in [-0.2, 0) is 6.54 Å². The number of hydrogen-bond acceptors (Lipinski definition) is 3. The van der Waals surface area contributed by atoms with Crippen molar-refractivity contribution in [3.8, 4) is 0 Å².